The fourth-order valence-electron chi connectivity index (χ4n) is 2.01. The number of carbonyl (C=O) groups excluding carboxylic acids is 2. The van der Waals surface area contributed by atoms with E-state index in [0.29, 0.717) is 19.5 Å². The van der Waals surface area contributed by atoms with Crippen molar-refractivity contribution >= 4 is 12.1 Å². The molecule has 1 heterocycles. The Kier molecular flexibility index (Phi) is 4.99. The highest BCUT2D eigenvalue weighted by Crippen LogP contribution is 2.20. The molecule has 5 heteroatoms. The molecule has 18 heavy (non-hydrogen) atoms. The van der Waals surface area contributed by atoms with Gasteiger partial charge in [-0.1, -0.05) is 0 Å². The SMILES string of the molecule is COC(=O)[C@@H]1CCCN(C(=O)OC(C)(C)C)CC1. The van der Waals surface area contributed by atoms with Gasteiger partial charge in [-0.2, -0.15) is 0 Å². The van der Waals surface area contributed by atoms with E-state index in [1.807, 2.05) is 20.8 Å². The molecule has 0 N–H and O–H groups in total. The van der Waals surface area contributed by atoms with Crippen LogP contribution in [-0.4, -0.2) is 42.8 Å². The Morgan fingerprint density at radius 2 is 1.83 bits per heavy atom. The molecule has 104 valence electrons. The van der Waals surface area contributed by atoms with E-state index in [1.165, 1.54) is 7.11 Å². The van der Waals surface area contributed by atoms with Gasteiger partial charge >= 0.3 is 12.1 Å². The van der Waals surface area contributed by atoms with E-state index >= 15 is 0 Å². The van der Waals surface area contributed by atoms with E-state index in [1.54, 1.807) is 4.90 Å². The summed E-state index contributed by atoms with van der Waals surface area (Å²) < 4.78 is 10.1. The Hall–Kier alpha value is -1.26. The van der Waals surface area contributed by atoms with Crippen molar-refractivity contribution in [3.8, 4) is 0 Å². The Morgan fingerprint density at radius 1 is 1.17 bits per heavy atom. The molecule has 1 saturated heterocycles. The molecule has 1 aliphatic heterocycles. The molecule has 1 atom stereocenters. The quantitative estimate of drug-likeness (QED) is 0.676. The van der Waals surface area contributed by atoms with Crippen molar-refractivity contribution < 1.29 is 19.1 Å². The second-order valence-electron chi connectivity index (χ2n) is 5.62. The van der Waals surface area contributed by atoms with Gasteiger partial charge in [-0.05, 0) is 40.0 Å². The van der Waals surface area contributed by atoms with Crippen molar-refractivity contribution in [2.45, 2.75) is 45.6 Å². The summed E-state index contributed by atoms with van der Waals surface area (Å²) in [5, 5.41) is 0. The van der Waals surface area contributed by atoms with E-state index in [2.05, 4.69) is 0 Å². The summed E-state index contributed by atoms with van der Waals surface area (Å²) in [6.07, 6.45) is 1.92. The van der Waals surface area contributed by atoms with Crippen molar-refractivity contribution in [2.75, 3.05) is 20.2 Å². The first-order valence-electron chi connectivity index (χ1n) is 6.39. The molecular weight excluding hydrogens is 234 g/mol. The van der Waals surface area contributed by atoms with Crippen molar-refractivity contribution in [1.29, 1.82) is 0 Å². The van der Waals surface area contributed by atoms with Crippen molar-refractivity contribution in [2.24, 2.45) is 5.92 Å². The fraction of sp³-hybridized carbons (Fsp3) is 0.846. The minimum Gasteiger partial charge on any atom is -0.469 e. The van der Waals surface area contributed by atoms with Crippen LogP contribution >= 0.6 is 0 Å². The monoisotopic (exact) mass is 257 g/mol. The smallest absolute Gasteiger partial charge is 0.410 e. The van der Waals surface area contributed by atoms with Crippen LogP contribution < -0.4 is 0 Å². The Bertz CT molecular complexity index is 309. The minimum absolute atomic E-state index is 0.0950. The van der Waals surface area contributed by atoms with Crippen LogP contribution in [0.15, 0.2) is 0 Å². The van der Waals surface area contributed by atoms with Gasteiger partial charge in [-0.15, -0.1) is 0 Å². The summed E-state index contributed by atoms with van der Waals surface area (Å²) in [6, 6.07) is 0. The normalized spacial score (nSPS) is 21.1. The highest BCUT2D eigenvalue weighted by atomic mass is 16.6. The number of rotatable bonds is 1. The predicted molar refractivity (Wildman–Crippen MR) is 67.2 cm³/mol. The molecule has 0 aromatic heterocycles. The highest BCUT2D eigenvalue weighted by Gasteiger charge is 2.28. The van der Waals surface area contributed by atoms with Crippen LogP contribution in [0.3, 0.4) is 0 Å². The lowest BCUT2D eigenvalue weighted by atomic mass is 10.0. The van der Waals surface area contributed by atoms with Gasteiger partial charge in [0.25, 0.3) is 0 Å². The molecule has 1 aliphatic rings. The van der Waals surface area contributed by atoms with Gasteiger partial charge in [0.05, 0.1) is 13.0 Å². The number of carbonyl (C=O) groups is 2. The minimum atomic E-state index is -0.481. The van der Waals surface area contributed by atoms with E-state index in [-0.39, 0.29) is 18.0 Å². The summed E-state index contributed by atoms with van der Waals surface area (Å²) in [6.45, 7) is 6.73. The third-order valence-electron chi connectivity index (χ3n) is 2.91. The molecule has 1 fully saturated rings. The van der Waals surface area contributed by atoms with Gasteiger partial charge in [-0.3, -0.25) is 4.79 Å². The zero-order valence-corrected chi connectivity index (χ0v) is 11.7. The molecule has 0 aromatic rings. The first-order chi connectivity index (χ1) is 8.33. The number of methoxy groups -OCH3 is 1. The number of nitrogens with zero attached hydrogens (tertiary/aromatic N) is 1. The zero-order chi connectivity index (χ0) is 13.8. The van der Waals surface area contributed by atoms with E-state index in [0.717, 1.165) is 12.8 Å². The molecule has 5 nitrogen and oxygen atoms in total. The highest BCUT2D eigenvalue weighted by molar-refractivity contribution is 5.72. The van der Waals surface area contributed by atoms with Crippen LogP contribution in [0.25, 0.3) is 0 Å². The average Bonchev–Trinajstić information content (AvgIpc) is 2.51. The van der Waals surface area contributed by atoms with E-state index in [4.69, 9.17) is 9.47 Å². The number of esters is 1. The van der Waals surface area contributed by atoms with Gasteiger partial charge in [-0.25, -0.2) is 4.79 Å². The third-order valence-corrected chi connectivity index (χ3v) is 2.91. The molecule has 0 radical (unpaired) electrons. The van der Waals surface area contributed by atoms with E-state index < -0.39 is 5.60 Å². The first-order valence-corrected chi connectivity index (χ1v) is 6.39. The average molecular weight is 257 g/mol. The molecule has 0 bridgehead atoms. The van der Waals surface area contributed by atoms with E-state index in [9.17, 15) is 9.59 Å². The zero-order valence-electron chi connectivity index (χ0n) is 11.7. The predicted octanol–water partition coefficient (Wildman–Crippen LogP) is 2.20. The number of hydrogen-bond donors (Lipinski definition) is 0. The lowest BCUT2D eigenvalue weighted by Gasteiger charge is -2.26. The van der Waals surface area contributed by atoms with Crippen molar-refractivity contribution in [1.82, 2.24) is 4.90 Å². The Balaban J connectivity index is 2.51. The lowest BCUT2D eigenvalue weighted by Crippen LogP contribution is -2.37. The summed E-state index contributed by atoms with van der Waals surface area (Å²) in [4.78, 5) is 25.0. The maximum atomic E-state index is 11.9. The largest absolute Gasteiger partial charge is 0.469 e. The van der Waals surface area contributed by atoms with Crippen LogP contribution in [0.4, 0.5) is 4.79 Å². The lowest BCUT2D eigenvalue weighted by molar-refractivity contribution is -0.145. The summed E-state index contributed by atoms with van der Waals surface area (Å²) in [5.74, 6) is -0.275. The van der Waals surface area contributed by atoms with Gasteiger partial charge in [0, 0.05) is 13.1 Å². The van der Waals surface area contributed by atoms with Crippen LogP contribution in [0.1, 0.15) is 40.0 Å². The second kappa shape index (κ2) is 6.07. The number of likely N-dealkylation sites (tertiary alicyclic amines) is 1. The van der Waals surface area contributed by atoms with Gasteiger partial charge < -0.3 is 14.4 Å². The van der Waals surface area contributed by atoms with Crippen molar-refractivity contribution in [3.63, 3.8) is 0 Å². The van der Waals surface area contributed by atoms with Gasteiger partial charge in [0.15, 0.2) is 0 Å². The second-order valence-corrected chi connectivity index (χ2v) is 5.62. The van der Waals surface area contributed by atoms with Crippen LogP contribution in [0.5, 0.6) is 0 Å². The summed E-state index contributed by atoms with van der Waals surface area (Å²) in [7, 11) is 1.40. The Morgan fingerprint density at radius 3 is 2.39 bits per heavy atom. The maximum Gasteiger partial charge on any atom is 0.410 e. The summed E-state index contributed by atoms with van der Waals surface area (Å²) >= 11 is 0. The molecule has 1 amide bonds. The molecule has 0 saturated carbocycles. The van der Waals surface area contributed by atoms with Gasteiger partial charge in [0.1, 0.15) is 5.60 Å². The van der Waals surface area contributed by atoms with Gasteiger partial charge in [0.2, 0.25) is 0 Å². The molecule has 0 aromatic carbocycles. The molecule has 0 aliphatic carbocycles. The van der Waals surface area contributed by atoms with Crippen LogP contribution in [0, 0.1) is 5.92 Å². The molecule has 0 spiro atoms. The first kappa shape index (κ1) is 14.8. The molecule has 0 unspecified atom stereocenters. The van der Waals surface area contributed by atoms with Crippen molar-refractivity contribution in [3.05, 3.63) is 0 Å². The number of ether oxygens (including phenoxy) is 2. The summed E-state index contributed by atoms with van der Waals surface area (Å²) in [5.41, 5.74) is -0.481. The number of amides is 1. The number of hydrogen-bond acceptors (Lipinski definition) is 4. The van der Waals surface area contributed by atoms with Crippen LogP contribution in [0.2, 0.25) is 0 Å². The standard InChI is InChI=1S/C13H23NO4/c1-13(2,3)18-12(16)14-8-5-6-10(7-9-14)11(15)17-4/h10H,5-9H2,1-4H3/t10-/m1/s1. The molecule has 1 rings (SSSR count). The topological polar surface area (TPSA) is 55.8 Å². The third kappa shape index (κ3) is 4.55. The Labute approximate surface area is 108 Å². The fourth-order valence-corrected chi connectivity index (χ4v) is 2.01. The van der Waals surface area contributed by atoms with Crippen LogP contribution in [-0.2, 0) is 14.3 Å². The molecular formula is C13H23NO4. The maximum absolute atomic E-state index is 11.9.